The fourth-order valence-corrected chi connectivity index (χ4v) is 4.82. The number of aromatic nitrogens is 2. The van der Waals surface area contributed by atoms with E-state index >= 15 is 0 Å². The number of benzene rings is 1. The standard InChI is InChI=1S/C17H23Cl2FN5O5P/c1-12(30-31(21,28)24(7-5-18)8-6-19)13-3-4-15(14(20)9-13)29-11-16-22-10-17(23(16)2)25(26)27/h3-4,9-10,12H,5-8,11H2,1-2H3,(H2,21,28). The molecule has 1 aromatic carbocycles. The van der Waals surface area contributed by atoms with Gasteiger partial charge in [0, 0.05) is 24.8 Å². The van der Waals surface area contributed by atoms with Crippen molar-refractivity contribution in [3.05, 3.63) is 51.7 Å². The van der Waals surface area contributed by atoms with Crippen molar-refractivity contribution < 1.29 is 23.1 Å². The third kappa shape index (κ3) is 6.61. The van der Waals surface area contributed by atoms with Crippen LogP contribution in [0.3, 0.4) is 0 Å². The topological polar surface area (TPSA) is 126 Å². The second kappa shape index (κ2) is 11.2. The lowest BCUT2D eigenvalue weighted by molar-refractivity contribution is -0.391. The van der Waals surface area contributed by atoms with Gasteiger partial charge in [0.25, 0.3) is 0 Å². The first-order valence-corrected chi connectivity index (χ1v) is 11.8. The first-order chi connectivity index (χ1) is 14.6. The van der Waals surface area contributed by atoms with Gasteiger partial charge in [-0.2, -0.15) is 0 Å². The molecule has 172 valence electrons. The van der Waals surface area contributed by atoms with Crippen LogP contribution in [0.15, 0.2) is 24.4 Å². The van der Waals surface area contributed by atoms with Crippen molar-refractivity contribution in [2.24, 2.45) is 12.6 Å². The van der Waals surface area contributed by atoms with Crippen LogP contribution >= 0.6 is 30.9 Å². The molecule has 0 saturated carbocycles. The van der Waals surface area contributed by atoms with Crippen LogP contribution in [0.4, 0.5) is 10.2 Å². The van der Waals surface area contributed by atoms with Gasteiger partial charge in [0.05, 0.1) is 13.2 Å². The summed E-state index contributed by atoms with van der Waals surface area (Å²) in [6.07, 6.45) is 0.310. The predicted molar refractivity (Wildman–Crippen MR) is 115 cm³/mol. The molecule has 10 nitrogen and oxygen atoms in total. The van der Waals surface area contributed by atoms with E-state index in [4.69, 9.17) is 38.0 Å². The fraction of sp³-hybridized carbons (Fsp3) is 0.471. The molecule has 14 heteroatoms. The van der Waals surface area contributed by atoms with E-state index in [0.717, 1.165) is 6.20 Å². The molecule has 2 rings (SSSR count). The van der Waals surface area contributed by atoms with E-state index in [1.807, 2.05) is 0 Å². The Morgan fingerprint density at radius 2 is 2.03 bits per heavy atom. The van der Waals surface area contributed by atoms with Gasteiger partial charge in [-0.3, -0.25) is 9.09 Å². The number of rotatable bonds is 12. The minimum atomic E-state index is -3.70. The van der Waals surface area contributed by atoms with Gasteiger partial charge in [0.15, 0.2) is 18.2 Å². The minimum absolute atomic E-state index is 0.0801. The lowest BCUT2D eigenvalue weighted by atomic mass is 10.1. The molecule has 0 radical (unpaired) electrons. The predicted octanol–water partition coefficient (Wildman–Crippen LogP) is 3.97. The van der Waals surface area contributed by atoms with Gasteiger partial charge in [-0.1, -0.05) is 6.07 Å². The van der Waals surface area contributed by atoms with Crippen molar-refractivity contribution >= 4 is 36.7 Å². The number of hydrogen-bond acceptors (Lipinski definition) is 6. The van der Waals surface area contributed by atoms with Crippen LogP contribution in [0.2, 0.25) is 0 Å². The van der Waals surface area contributed by atoms with E-state index in [1.165, 1.54) is 34.5 Å². The lowest BCUT2D eigenvalue weighted by Crippen LogP contribution is -2.30. The molecule has 2 aromatic rings. The molecule has 0 fully saturated rings. The Kier molecular flexibility index (Phi) is 9.23. The molecule has 1 heterocycles. The Morgan fingerprint density at radius 1 is 1.39 bits per heavy atom. The molecule has 0 spiro atoms. The number of hydrogen-bond donors (Lipinski definition) is 1. The van der Waals surface area contributed by atoms with Gasteiger partial charge in [-0.15, -0.1) is 23.2 Å². The van der Waals surface area contributed by atoms with E-state index in [0.29, 0.717) is 5.56 Å². The van der Waals surface area contributed by atoms with Gasteiger partial charge in [-0.25, -0.2) is 24.1 Å². The summed E-state index contributed by atoms with van der Waals surface area (Å²) in [5.74, 6) is -0.338. The van der Waals surface area contributed by atoms with E-state index < -0.39 is 24.5 Å². The summed E-state index contributed by atoms with van der Waals surface area (Å²) in [6.45, 7) is 1.86. The summed E-state index contributed by atoms with van der Waals surface area (Å²) in [6, 6.07) is 4.09. The summed E-state index contributed by atoms with van der Waals surface area (Å²) in [4.78, 5) is 14.2. The minimum Gasteiger partial charge on any atom is -0.480 e. The maximum Gasteiger partial charge on any atom is 0.342 e. The van der Waals surface area contributed by atoms with Gasteiger partial charge >= 0.3 is 13.5 Å². The number of nitro groups is 1. The van der Waals surface area contributed by atoms with Gasteiger partial charge in [0.2, 0.25) is 5.82 Å². The number of alkyl halides is 2. The number of nitrogens with two attached hydrogens (primary N) is 1. The number of nitrogens with zero attached hydrogens (tertiary/aromatic N) is 4. The molecular formula is C17H23Cl2FN5O5P. The largest absolute Gasteiger partial charge is 0.480 e. The molecule has 2 unspecified atom stereocenters. The van der Waals surface area contributed by atoms with Crippen molar-refractivity contribution in [2.45, 2.75) is 19.6 Å². The highest BCUT2D eigenvalue weighted by Gasteiger charge is 2.29. The molecule has 0 bridgehead atoms. The summed E-state index contributed by atoms with van der Waals surface area (Å²) in [5.41, 5.74) is 6.24. The van der Waals surface area contributed by atoms with E-state index in [1.54, 1.807) is 6.92 Å². The fourth-order valence-electron chi connectivity index (χ4n) is 2.71. The van der Waals surface area contributed by atoms with E-state index in [-0.39, 0.29) is 48.8 Å². The normalized spacial score (nSPS) is 14.4. The summed E-state index contributed by atoms with van der Waals surface area (Å²) < 4.78 is 40.8. The maximum atomic E-state index is 14.5. The van der Waals surface area contributed by atoms with Crippen LogP contribution in [0.5, 0.6) is 5.75 Å². The Bertz CT molecular complexity index is 957. The SMILES string of the molecule is CC(OP(N)(=O)N(CCCl)CCCl)c1ccc(OCc2ncc([N+](=O)[O-])n2C)c(F)c1. The zero-order chi connectivity index (χ0) is 23.2. The first-order valence-electron chi connectivity index (χ1n) is 9.12. The van der Waals surface area contributed by atoms with Crippen LogP contribution in [-0.4, -0.2) is 44.0 Å². The van der Waals surface area contributed by atoms with Gasteiger partial charge in [-0.05, 0) is 29.5 Å². The molecule has 0 aliphatic carbocycles. The second-order valence-corrected chi connectivity index (χ2v) is 9.13. The summed E-state index contributed by atoms with van der Waals surface area (Å²) >= 11 is 11.4. The quantitative estimate of drug-likeness (QED) is 0.202. The molecule has 0 amide bonds. The molecule has 2 N–H and O–H groups in total. The monoisotopic (exact) mass is 497 g/mol. The number of halogens is 3. The zero-order valence-electron chi connectivity index (χ0n) is 16.9. The van der Waals surface area contributed by atoms with Crippen molar-refractivity contribution in [3.63, 3.8) is 0 Å². The molecule has 0 aliphatic heterocycles. The van der Waals surface area contributed by atoms with Crippen LogP contribution in [0, 0.1) is 15.9 Å². The lowest BCUT2D eigenvalue weighted by Gasteiger charge is -2.29. The number of imidazole rings is 1. The summed E-state index contributed by atoms with van der Waals surface area (Å²) in [5, 5.41) is 10.9. The third-order valence-corrected chi connectivity index (χ3v) is 6.56. The highest BCUT2D eigenvalue weighted by atomic mass is 35.5. The second-order valence-electron chi connectivity index (χ2n) is 6.47. The van der Waals surface area contributed by atoms with E-state index in [2.05, 4.69) is 4.98 Å². The van der Waals surface area contributed by atoms with Crippen LogP contribution in [0.25, 0.3) is 0 Å². The van der Waals surface area contributed by atoms with Crippen LogP contribution in [0.1, 0.15) is 24.4 Å². The molecular weight excluding hydrogens is 475 g/mol. The molecule has 1 aromatic heterocycles. The maximum absolute atomic E-state index is 14.5. The number of ether oxygens (including phenoxy) is 1. The highest BCUT2D eigenvalue weighted by molar-refractivity contribution is 7.53. The van der Waals surface area contributed by atoms with Crippen molar-refractivity contribution in [1.82, 2.24) is 14.2 Å². The average molecular weight is 498 g/mol. The molecule has 0 aliphatic rings. The van der Waals surface area contributed by atoms with Crippen LogP contribution in [-0.2, 0) is 22.7 Å². The van der Waals surface area contributed by atoms with Gasteiger partial charge < -0.3 is 14.9 Å². The Balaban J connectivity index is 2.07. The molecule has 0 saturated heterocycles. The Morgan fingerprint density at radius 3 is 2.55 bits per heavy atom. The van der Waals surface area contributed by atoms with Crippen molar-refractivity contribution in [3.8, 4) is 5.75 Å². The van der Waals surface area contributed by atoms with E-state index in [9.17, 15) is 19.1 Å². The third-order valence-electron chi connectivity index (χ3n) is 4.42. The zero-order valence-corrected chi connectivity index (χ0v) is 19.3. The average Bonchev–Trinajstić information content (AvgIpc) is 3.07. The summed E-state index contributed by atoms with van der Waals surface area (Å²) in [7, 11) is -2.24. The van der Waals surface area contributed by atoms with Crippen LogP contribution < -0.4 is 10.2 Å². The van der Waals surface area contributed by atoms with Crippen molar-refractivity contribution in [1.29, 1.82) is 0 Å². The Hall–Kier alpha value is -1.75. The molecule has 2 atom stereocenters. The van der Waals surface area contributed by atoms with Gasteiger partial charge in [0.1, 0.15) is 6.20 Å². The highest BCUT2D eigenvalue weighted by Crippen LogP contribution is 2.47. The smallest absolute Gasteiger partial charge is 0.342 e. The Labute approximate surface area is 188 Å². The first kappa shape index (κ1) is 25.5. The van der Waals surface area contributed by atoms with Crippen molar-refractivity contribution in [2.75, 3.05) is 24.8 Å². The molecule has 31 heavy (non-hydrogen) atoms.